The predicted octanol–water partition coefficient (Wildman–Crippen LogP) is 1.37. The molecule has 4 heteroatoms. The van der Waals surface area contributed by atoms with Crippen LogP contribution in [0.15, 0.2) is 29.2 Å². The van der Waals surface area contributed by atoms with Crippen molar-refractivity contribution < 1.29 is 9.90 Å². The van der Waals surface area contributed by atoms with Crippen LogP contribution in [0.25, 0.3) is 0 Å². The number of fused-ring (bicyclic) bond motifs is 1. The lowest BCUT2D eigenvalue weighted by molar-refractivity contribution is -0.122. The molecule has 3 nitrogen and oxygen atoms in total. The summed E-state index contributed by atoms with van der Waals surface area (Å²) >= 11 is 1.72. The SMILES string of the molecule is C[C@H](O)CNC(=O)C1CSc2ccccc21. The van der Waals surface area contributed by atoms with Crippen LogP contribution in [0, 0.1) is 0 Å². The van der Waals surface area contributed by atoms with Gasteiger partial charge in [-0.1, -0.05) is 18.2 Å². The first-order valence-corrected chi connectivity index (χ1v) is 6.34. The van der Waals surface area contributed by atoms with Crippen molar-refractivity contribution in [2.24, 2.45) is 0 Å². The Kier molecular flexibility index (Phi) is 3.51. The zero-order chi connectivity index (χ0) is 11.5. The summed E-state index contributed by atoms with van der Waals surface area (Å²) < 4.78 is 0. The van der Waals surface area contributed by atoms with Crippen molar-refractivity contribution in [2.75, 3.05) is 12.3 Å². The van der Waals surface area contributed by atoms with Gasteiger partial charge >= 0.3 is 0 Å². The molecule has 1 aromatic carbocycles. The van der Waals surface area contributed by atoms with E-state index in [1.807, 2.05) is 24.3 Å². The zero-order valence-electron chi connectivity index (χ0n) is 9.14. The van der Waals surface area contributed by atoms with Gasteiger partial charge in [-0.25, -0.2) is 0 Å². The first-order chi connectivity index (χ1) is 7.68. The summed E-state index contributed by atoms with van der Waals surface area (Å²) in [5, 5.41) is 11.9. The first kappa shape index (κ1) is 11.5. The second-order valence-electron chi connectivity index (χ2n) is 4.00. The monoisotopic (exact) mass is 237 g/mol. The van der Waals surface area contributed by atoms with Gasteiger partial charge in [0.05, 0.1) is 12.0 Å². The summed E-state index contributed by atoms with van der Waals surface area (Å²) in [6.45, 7) is 1.99. The highest BCUT2D eigenvalue weighted by molar-refractivity contribution is 7.99. The number of hydrogen-bond donors (Lipinski definition) is 2. The molecule has 1 heterocycles. The third-order valence-electron chi connectivity index (χ3n) is 2.59. The van der Waals surface area contributed by atoms with Gasteiger partial charge in [0.15, 0.2) is 0 Å². The summed E-state index contributed by atoms with van der Waals surface area (Å²) in [6.07, 6.45) is -0.492. The highest BCUT2D eigenvalue weighted by Gasteiger charge is 2.28. The largest absolute Gasteiger partial charge is 0.392 e. The van der Waals surface area contributed by atoms with Crippen molar-refractivity contribution in [3.8, 4) is 0 Å². The Balaban J connectivity index is 2.04. The molecule has 1 amide bonds. The number of hydrogen-bond acceptors (Lipinski definition) is 3. The lowest BCUT2D eigenvalue weighted by atomic mass is 10.0. The molecule has 1 aromatic rings. The van der Waals surface area contributed by atoms with Gasteiger partial charge in [-0.05, 0) is 18.6 Å². The minimum absolute atomic E-state index is 0.0124. The zero-order valence-corrected chi connectivity index (χ0v) is 9.96. The van der Waals surface area contributed by atoms with Crippen LogP contribution in [0.3, 0.4) is 0 Å². The highest BCUT2D eigenvalue weighted by atomic mass is 32.2. The van der Waals surface area contributed by atoms with Crippen LogP contribution >= 0.6 is 11.8 Å². The number of aliphatic hydroxyl groups is 1. The highest BCUT2D eigenvalue weighted by Crippen LogP contribution is 2.39. The molecule has 0 aromatic heterocycles. The van der Waals surface area contributed by atoms with Gasteiger partial charge in [0.1, 0.15) is 0 Å². The second-order valence-corrected chi connectivity index (χ2v) is 5.06. The summed E-state index contributed by atoms with van der Waals surface area (Å²) in [5.41, 5.74) is 1.11. The molecule has 0 spiro atoms. The third kappa shape index (κ3) is 2.39. The van der Waals surface area contributed by atoms with Crippen molar-refractivity contribution in [3.63, 3.8) is 0 Å². The number of amides is 1. The number of nitrogens with one attached hydrogen (secondary N) is 1. The average Bonchev–Trinajstić information content (AvgIpc) is 2.69. The topological polar surface area (TPSA) is 49.3 Å². The van der Waals surface area contributed by atoms with Crippen LogP contribution in [0.2, 0.25) is 0 Å². The molecule has 0 fully saturated rings. The van der Waals surface area contributed by atoms with Crippen molar-refractivity contribution in [3.05, 3.63) is 29.8 Å². The Hall–Kier alpha value is -1.00. The Morgan fingerprint density at radius 3 is 3.12 bits per heavy atom. The van der Waals surface area contributed by atoms with E-state index in [9.17, 15) is 4.79 Å². The summed E-state index contributed by atoms with van der Waals surface area (Å²) in [7, 11) is 0. The van der Waals surface area contributed by atoms with E-state index in [0.29, 0.717) is 6.54 Å². The number of rotatable bonds is 3. The van der Waals surface area contributed by atoms with Crippen LogP contribution in [-0.4, -0.2) is 29.4 Å². The molecule has 1 aliphatic heterocycles. The molecule has 2 N–H and O–H groups in total. The molecule has 1 unspecified atom stereocenters. The summed E-state index contributed by atoms with van der Waals surface area (Å²) in [5.74, 6) is 0.739. The van der Waals surface area contributed by atoms with Crippen LogP contribution in [0.4, 0.5) is 0 Å². The van der Waals surface area contributed by atoms with E-state index in [4.69, 9.17) is 5.11 Å². The maximum atomic E-state index is 11.9. The van der Waals surface area contributed by atoms with E-state index in [0.717, 1.165) is 11.3 Å². The fourth-order valence-corrected chi connectivity index (χ4v) is 2.98. The molecule has 0 saturated carbocycles. The molecule has 0 bridgehead atoms. The second kappa shape index (κ2) is 4.89. The van der Waals surface area contributed by atoms with Gasteiger partial charge in [-0.3, -0.25) is 4.79 Å². The van der Waals surface area contributed by atoms with Crippen molar-refractivity contribution in [1.82, 2.24) is 5.32 Å². The van der Waals surface area contributed by atoms with Crippen LogP contribution in [0.1, 0.15) is 18.4 Å². The molecule has 0 radical (unpaired) electrons. The Bertz CT molecular complexity index is 392. The van der Waals surface area contributed by atoms with Gasteiger partial charge in [0.2, 0.25) is 5.91 Å². The molecular weight excluding hydrogens is 222 g/mol. The predicted molar refractivity (Wildman–Crippen MR) is 64.6 cm³/mol. The lowest BCUT2D eigenvalue weighted by Crippen LogP contribution is -2.34. The Labute approximate surface area is 99.2 Å². The molecule has 0 saturated heterocycles. The maximum Gasteiger partial charge on any atom is 0.228 e. The van der Waals surface area contributed by atoms with Gasteiger partial charge in [-0.15, -0.1) is 11.8 Å². The average molecular weight is 237 g/mol. The van der Waals surface area contributed by atoms with Crippen molar-refractivity contribution in [1.29, 1.82) is 0 Å². The standard InChI is InChI=1S/C12H15NO2S/c1-8(14)6-13-12(15)10-7-16-11-5-3-2-4-9(10)11/h2-5,8,10,14H,6-7H2,1H3,(H,13,15)/t8-,10?/m0/s1. The molecular formula is C12H15NO2S. The number of thioether (sulfide) groups is 1. The van der Waals surface area contributed by atoms with Crippen molar-refractivity contribution in [2.45, 2.75) is 23.8 Å². The van der Waals surface area contributed by atoms with Gasteiger partial charge in [0.25, 0.3) is 0 Å². The van der Waals surface area contributed by atoms with E-state index in [2.05, 4.69) is 5.32 Å². The van der Waals surface area contributed by atoms with Gasteiger partial charge in [0, 0.05) is 17.2 Å². The van der Waals surface area contributed by atoms with E-state index >= 15 is 0 Å². The van der Waals surface area contributed by atoms with Crippen LogP contribution in [0.5, 0.6) is 0 Å². The fourth-order valence-electron chi connectivity index (χ4n) is 1.75. The maximum absolute atomic E-state index is 11.9. The van der Waals surface area contributed by atoms with E-state index in [1.165, 1.54) is 4.90 Å². The van der Waals surface area contributed by atoms with Crippen LogP contribution in [-0.2, 0) is 4.79 Å². The minimum Gasteiger partial charge on any atom is -0.392 e. The third-order valence-corrected chi connectivity index (χ3v) is 3.77. The van der Waals surface area contributed by atoms with Gasteiger partial charge < -0.3 is 10.4 Å². The van der Waals surface area contributed by atoms with Crippen LogP contribution < -0.4 is 5.32 Å². The van der Waals surface area contributed by atoms with Gasteiger partial charge in [-0.2, -0.15) is 0 Å². The molecule has 2 rings (SSSR count). The summed E-state index contributed by atoms with van der Waals surface area (Å²) in [4.78, 5) is 13.1. The Morgan fingerprint density at radius 2 is 2.38 bits per heavy atom. The minimum atomic E-state index is -0.492. The van der Waals surface area contributed by atoms with E-state index in [1.54, 1.807) is 18.7 Å². The molecule has 86 valence electrons. The number of carbonyl (C=O) groups is 1. The molecule has 2 atom stereocenters. The fraction of sp³-hybridized carbons (Fsp3) is 0.417. The molecule has 1 aliphatic rings. The van der Waals surface area contributed by atoms with Crippen molar-refractivity contribution >= 4 is 17.7 Å². The molecule has 0 aliphatic carbocycles. The first-order valence-electron chi connectivity index (χ1n) is 5.36. The quantitative estimate of drug-likeness (QED) is 0.835. The number of benzene rings is 1. The van der Waals surface area contributed by atoms with E-state index in [-0.39, 0.29) is 11.8 Å². The summed E-state index contributed by atoms with van der Waals surface area (Å²) in [6, 6.07) is 7.99. The Morgan fingerprint density at radius 1 is 1.62 bits per heavy atom. The normalized spacial score (nSPS) is 20.2. The number of aliphatic hydroxyl groups excluding tert-OH is 1. The lowest BCUT2D eigenvalue weighted by Gasteiger charge is -2.12. The van der Waals surface area contributed by atoms with E-state index < -0.39 is 6.10 Å². The number of carbonyl (C=O) groups excluding carboxylic acids is 1. The molecule has 16 heavy (non-hydrogen) atoms. The smallest absolute Gasteiger partial charge is 0.228 e.